The van der Waals surface area contributed by atoms with Crippen molar-refractivity contribution in [3.63, 3.8) is 0 Å². The second kappa shape index (κ2) is 5.55. The number of hydrogen-bond acceptors (Lipinski definition) is 4. The number of nitrogens with zero attached hydrogens (tertiary/aromatic N) is 2. The van der Waals surface area contributed by atoms with Gasteiger partial charge in [0, 0.05) is 19.2 Å². The van der Waals surface area contributed by atoms with Crippen LogP contribution in [0.5, 0.6) is 0 Å². The summed E-state index contributed by atoms with van der Waals surface area (Å²) in [5.41, 5.74) is 2.51. The molecule has 0 bridgehead atoms. The number of H-pyrrole nitrogens is 1. The van der Waals surface area contributed by atoms with Gasteiger partial charge in [0.05, 0.1) is 16.6 Å². The van der Waals surface area contributed by atoms with E-state index in [0.29, 0.717) is 0 Å². The number of benzene rings is 1. The van der Waals surface area contributed by atoms with Crippen LogP contribution < -0.4 is 5.32 Å². The molecule has 6 heteroatoms. The molecule has 3 rings (SSSR count). The molecule has 6 nitrogen and oxygen atoms in total. The van der Waals surface area contributed by atoms with Crippen molar-refractivity contribution in [1.29, 1.82) is 0 Å². The number of carboxylic acid groups (broad SMARTS) is 1. The van der Waals surface area contributed by atoms with Crippen molar-refractivity contribution in [3.8, 4) is 0 Å². The van der Waals surface area contributed by atoms with Gasteiger partial charge in [0.1, 0.15) is 5.82 Å². The normalized spacial score (nSPS) is 22.8. The number of aromatic nitrogens is 2. The predicted molar refractivity (Wildman–Crippen MR) is 85.6 cm³/mol. The first-order valence-electron chi connectivity index (χ1n) is 7.31. The van der Waals surface area contributed by atoms with Gasteiger partial charge in [-0.05, 0) is 44.3 Å². The van der Waals surface area contributed by atoms with Crippen LogP contribution in [0, 0.1) is 0 Å². The average Bonchev–Trinajstić information content (AvgIpc) is 3.08. The number of nitrogens with one attached hydrogen (secondary N) is 2. The van der Waals surface area contributed by atoms with E-state index in [9.17, 15) is 4.79 Å². The van der Waals surface area contributed by atoms with Crippen molar-refractivity contribution in [3.05, 3.63) is 35.7 Å². The van der Waals surface area contributed by atoms with Crippen LogP contribution in [-0.4, -0.2) is 53.1 Å². The quantitative estimate of drug-likeness (QED) is 0.744. The summed E-state index contributed by atoms with van der Waals surface area (Å²) in [5.74, 6) is -0.0118. The molecular weight excluding hydrogens is 280 g/mol. The molecule has 1 fully saturated rings. The van der Waals surface area contributed by atoms with E-state index in [-0.39, 0.29) is 5.54 Å². The Morgan fingerprint density at radius 2 is 2.36 bits per heavy atom. The molecule has 1 aromatic heterocycles. The van der Waals surface area contributed by atoms with Gasteiger partial charge in [0.2, 0.25) is 0 Å². The van der Waals surface area contributed by atoms with Crippen LogP contribution in [-0.2, 0) is 10.3 Å². The second-order valence-corrected chi connectivity index (χ2v) is 5.85. The highest BCUT2D eigenvalue weighted by molar-refractivity contribution is 5.86. The predicted octanol–water partition coefficient (Wildman–Crippen LogP) is 1.41. The van der Waals surface area contributed by atoms with Crippen LogP contribution in [0.15, 0.2) is 24.3 Å². The zero-order valence-corrected chi connectivity index (χ0v) is 12.8. The van der Waals surface area contributed by atoms with E-state index < -0.39 is 5.97 Å². The number of carbonyl (C=O) groups is 1. The van der Waals surface area contributed by atoms with Crippen molar-refractivity contribution in [2.24, 2.45) is 0 Å². The van der Waals surface area contributed by atoms with Crippen molar-refractivity contribution in [2.75, 3.05) is 27.2 Å². The van der Waals surface area contributed by atoms with Gasteiger partial charge in [-0.25, -0.2) is 9.78 Å². The lowest BCUT2D eigenvalue weighted by Crippen LogP contribution is -2.43. The van der Waals surface area contributed by atoms with Gasteiger partial charge >= 0.3 is 5.97 Å². The monoisotopic (exact) mass is 300 g/mol. The molecule has 0 amide bonds. The molecule has 1 atom stereocenters. The molecule has 22 heavy (non-hydrogen) atoms. The van der Waals surface area contributed by atoms with Crippen LogP contribution >= 0.6 is 0 Å². The van der Waals surface area contributed by atoms with E-state index in [4.69, 9.17) is 10.1 Å². The molecule has 1 aromatic carbocycles. The molecule has 0 spiro atoms. The first-order valence-corrected chi connectivity index (χ1v) is 7.31. The highest BCUT2D eigenvalue weighted by Crippen LogP contribution is 2.30. The van der Waals surface area contributed by atoms with Gasteiger partial charge in [0.15, 0.2) is 0 Å². The molecule has 0 aliphatic carbocycles. The summed E-state index contributed by atoms with van der Waals surface area (Å²) in [6.07, 6.45) is 3.73. The molecular formula is C16H20N4O2. The fourth-order valence-electron chi connectivity index (χ4n) is 3.04. The smallest absolute Gasteiger partial charge is 0.328 e. The standard InChI is InChI=1S/C16H20N4O2/c1-17-16(7-8-20(2)10-16)15-18-12-5-3-11(4-6-14(21)22)9-13(12)19-15/h3-6,9,17H,7-8,10H2,1-2H3,(H,18,19)(H,21,22)/b6-4+/t16-/m0/s1. The first-order chi connectivity index (χ1) is 10.5. The molecule has 1 aliphatic rings. The van der Waals surface area contributed by atoms with Gasteiger partial charge in [-0.2, -0.15) is 0 Å². The number of likely N-dealkylation sites (N-methyl/N-ethyl adjacent to an activating group) is 2. The van der Waals surface area contributed by atoms with Crippen LogP contribution in [0.1, 0.15) is 17.8 Å². The van der Waals surface area contributed by atoms with Gasteiger partial charge in [0.25, 0.3) is 0 Å². The zero-order chi connectivity index (χ0) is 15.7. The molecule has 0 radical (unpaired) electrons. The Balaban J connectivity index is 1.97. The number of rotatable bonds is 4. The third-order valence-electron chi connectivity index (χ3n) is 4.32. The summed E-state index contributed by atoms with van der Waals surface area (Å²) in [7, 11) is 4.07. The van der Waals surface area contributed by atoms with Crippen LogP contribution in [0.25, 0.3) is 17.1 Å². The van der Waals surface area contributed by atoms with Crippen molar-refractivity contribution in [2.45, 2.75) is 12.0 Å². The maximum atomic E-state index is 10.6. The molecule has 1 aliphatic heterocycles. The third kappa shape index (κ3) is 2.63. The number of fused-ring (bicyclic) bond motifs is 1. The molecule has 116 valence electrons. The van der Waals surface area contributed by atoms with E-state index in [1.165, 1.54) is 0 Å². The Labute approximate surface area is 128 Å². The molecule has 0 saturated carbocycles. The number of aromatic amines is 1. The lowest BCUT2D eigenvalue weighted by atomic mass is 9.98. The summed E-state index contributed by atoms with van der Waals surface area (Å²) in [6.45, 7) is 1.94. The number of hydrogen-bond donors (Lipinski definition) is 3. The number of likely N-dealkylation sites (tertiary alicyclic amines) is 1. The molecule has 2 aromatic rings. The Hall–Kier alpha value is -2.18. The summed E-state index contributed by atoms with van der Waals surface area (Å²) in [4.78, 5) is 21.0. The van der Waals surface area contributed by atoms with Gasteiger partial charge < -0.3 is 20.3 Å². The number of imidazole rings is 1. The van der Waals surface area contributed by atoms with E-state index in [0.717, 1.165) is 48.0 Å². The lowest BCUT2D eigenvalue weighted by Gasteiger charge is -2.26. The Morgan fingerprint density at radius 3 is 3.00 bits per heavy atom. The summed E-state index contributed by atoms with van der Waals surface area (Å²) >= 11 is 0. The van der Waals surface area contributed by atoms with Crippen LogP contribution in [0.2, 0.25) is 0 Å². The minimum absolute atomic E-state index is 0.148. The van der Waals surface area contributed by atoms with E-state index >= 15 is 0 Å². The van der Waals surface area contributed by atoms with Crippen molar-refractivity contribution < 1.29 is 9.90 Å². The SMILES string of the molecule is CN[C@@]1(c2nc3ccc(/C=C/C(=O)O)cc3[nH]2)CCN(C)C1. The highest BCUT2D eigenvalue weighted by atomic mass is 16.4. The molecule has 0 unspecified atom stereocenters. The van der Waals surface area contributed by atoms with Crippen LogP contribution in [0.3, 0.4) is 0 Å². The van der Waals surface area contributed by atoms with Crippen molar-refractivity contribution in [1.82, 2.24) is 20.2 Å². The second-order valence-electron chi connectivity index (χ2n) is 5.85. The maximum Gasteiger partial charge on any atom is 0.328 e. The summed E-state index contributed by atoms with van der Waals surface area (Å²) in [5, 5.41) is 12.1. The van der Waals surface area contributed by atoms with E-state index in [2.05, 4.69) is 22.2 Å². The fraction of sp³-hybridized carbons (Fsp3) is 0.375. The first kappa shape index (κ1) is 14.7. The summed E-state index contributed by atoms with van der Waals surface area (Å²) in [6, 6.07) is 5.71. The minimum Gasteiger partial charge on any atom is -0.478 e. The maximum absolute atomic E-state index is 10.6. The molecule has 2 heterocycles. The molecule has 3 N–H and O–H groups in total. The summed E-state index contributed by atoms with van der Waals surface area (Å²) < 4.78 is 0. The minimum atomic E-state index is -0.950. The number of aliphatic carboxylic acids is 1. The van der Waals surface area contributed by atoms with Gasteiger partial charge in [-0.15, -0.1) is 0 Å². The third-order valence-corrected chi connectivity index (χ3v) is 4.32. The topological polar surface area (TPSA) is 81.2 Å². The Bertz CT molecular complexity index is 737. The lowest BCUT2D eigenvalue weighted by molar-refractivity contribution is -0.131. The largest absolute Gasteiger partial charge is 0.478 e. The fourth-order valence-corrected chi connectivity index (χ4v) is 3.04. The van der Waals surface area contributed by atoms with Crippen molar-refractivity contribution >= 4 is 23.1 Å². The zero-order valence-electron chi connectivity index (χ0n) is 12.8. The van der Waals surface area contributed by atoms with Crippen LogP contribution in [0.4, 0.5) is 0 Å². The average molecular weight is 300 g/mol. The number of carboxylic acids is 1. The van der Waals surface area contributed by atoms with Gasteiger partial charge in [-0.1, -0.05) is 6.07 Å². The Morgan fingerprint density at radius 1 is 1.55 bits per heavy atom. The van der Waals surface area contributed by atoms with E-state index in [1.807, 2.05) is 25.2 Å². The van der Waals surface area contributed by atoms with Gasteiger partial charge in [-0.3, -0.25) is 0 Å². The highest BCUT2D eigenvalue weighted by Gasteiger charge is 2.39. The van der Waals surface area contributed by atoms with E-state index in [1.54, 1.807) is 6.08 Å². The Kier molecular flexibility index (Phi) is 3.72. The molecule has 1 saturated heterocycles.